The van der Waals surface area contributed by atoms with Gasteiger partial charge >= 0.3 is 0 Å². The van der Waals surface area contributed by atoms with Gasteiger partial charge in [0.2, 0.25) is 5.91 Å². The van der Waals surface area contributed by atoms with Crippen molar-refractivity contribution in [2.45, 2.75) is 57.7 Å². The zero-order valence-corrected chi connectivity index (χ0v) is 22.5. The van der Waals surface area contributed by atoms with Crippen LogP contribution in [0.15, 0.2) is 72.8 Å². The van der Waals surface area contributed by atoms with Crippen LogP contribution >= 0.6 is 23.2 Å². The molecule has 0 bridgehead atoms. The number of aryl methyl sites for hydroxylation is 1. The van der Waals surface area contributed by atoms with Crippen molar-refractivity contribution in [2.75, 3.05) is 6.61 Å². The van der Waals surface area contributed by atoms with E-state index >= 15 is 0 Å². The molecule has 194 valence electrons. The molecule has 1 N–H and O–H groups in total. The van der Waals surface area contributed by atoms with E-state index in [2.05, 4.69) is 5.32 Å². The molecule has 2 amide bonds. The second-order valence-electron chi connectivity index (χ2n) is 9.56. The molecule has 1 atom stereocenters. The van der Waals surface area contributed by atoms with Gasteiger partial charge < -0.3 is 15.0 Å². The van der Waals surface area contributed by atoms with Crippen molar-refractivity contribution in [3.63, 3.8) is 0 Å². The van der Waals surface area contributed by atoms with Crippen molar-refractivity contribution < 1.29 is 14.3 Å². The van der Waals surface area contributed by atoms with Gasteiger partial charge in [-0.1, -0.05) is 84.6 Å². The van der Waals surface area contributed by atoms with Crippen LogP contribution in [0.2, 0.25) is 10.0 Å². The standard InChI is InChI=1S/C30H32Cl2N2O3/c1-21-8-7-13-26(16-21)37-20-29(35)34(19-23-14-15-24(31)18-27(23)32)28(17-22-9-3-2-4-10-22)30(36)33-25-11-5-6-12-25/h2-4,7-10,13-16,18,25,28H,5-6,11-12,17,19-20H2,1H3,(H,33,36). The SMILES string of the molecule is Cc1cccc(OCC(=O)N(Cc2ccc(Cl)cc2Cl)C(Cc2ccccc2)C(=O)NC2CCCC2)c1. The van der Waals surface area contributed by atoms with Crippen molar-refractivity contribution >= 4 is 35.0 Å². The molecule has 1 unspecified atom stereocenters. The Bertz CT molecular complexity index is 1210. The van der Waals surface area contributed by atoms with Gasteiger partial charge in [-0.05, 0) is 60.7 Å². The van der Waals surface area contributed by atoms with Crippen LogP contribution in [-0.4, -0.2) is 35.4 Å². The first-order valence-corrected chi connectivity index (χ1v) is 13.4. The molecule has 0 spiro atoms. The van der Waals surface area contributed by atoms with Crippen LogP contribution in [0.4, 0.5) is 0 Å². The van der Waals surface area contributed by atoms with E-state index in [1.165, 1.54) is 0 Å². The van der Waals surface area contributed by atoms with E-state index in [0.717, 1.165) is 36.8 Å². The Morgan fingerprint density at radius 2 is 1.76 bits per heavy atom. The lowest BCUT2D eigenvalue weighted by molar-refractivity contribution is -0.143. The Labute approximate surface area is 228 Å². The van der Waals surface area contributed by atoms with Crippen LogP contribution in [-0.2, 0) is 22.6 Å². The minimum absolute atomic E-state index is 0.130. The number of nitrogens with one attached hydrogen (secondary N) is 1. The zero-order chi connectivity index (χ0) is 26.2. The van der Waals surface area contributed by atoms with Gasteiger partial charge in [0.05, 0.1) is 0 Å². The molecule has 3 aromatic rings. The van der Waals surface area contributed by atoms with Gasteiger partial charge in [0, 0.05) is 29.1 Å². The number of hydrogen-bond acceptors (Lipinski definition) is 3. The fourth-order valence-electron chi connectivity index (χ4n) is 4.69. The molecule has 0 saturated heterocycles. The number of nitrogens with zero attached hydrogens (tertiary/aromatic N) is 1. The molecule has 0 radical (unpaired) electrons. The third-order valence-electron chi connectivity index (χ3n) is 6.68. The van der Waals surface area contributed by atoms with Crippen LogP contribution in [0.5, 0.6) is 5.75 Å². The van der Waals surface area contributed by atoms with E-state index in [0.29, 0.717) is 27.8 Å². The Kier molecular flexibility index (Phi) is 9.48. The fraction of sp³-hybridized carbons (Fsp3) is 0.333. The maximum atomic E-state index is 13.7. The van der Waals surface area contributed by atoms with Crippen LogP contribution in [0.3, 0.4) is 0 Å². The van der Waals surface area contributed by atoms with Gasteiger partial charge in [0.1, 0.15) is 11.8 Å². The first-order chi connectivity index (χ1) is 17.9. The monoisotopic (exact) mass is 538 g/mol. The van der Waals surface area contributed by atoms with Crippen LogP contribution in [0.1, 0.15) is 42.4 Å². The normalized spacial score (nSPS) is 14.2. The average Bonchev–Trinajstić information content (AvgIpc) is 3.39. The minimum atomic E-state index is -0.733. The largest absolute Gasteiger partial charge is 0.484 e. The predicted octanol–water partition coefficient (Wildman–Crippen LogP) is 6.38. The number of halogens is 2. The molecule has 7 heteroatoms. The molecule has 0 heterocycles. The molecular formula is C30H32Cl2N2O3. The topological polar surface area (TPSA) is 58.6 Å². The van der Waals surface area contributed by atoms with Gasteiger partial charge in [-0.25, -0.2) is 0 Å². The Morgan fingerprint density at radius 3 is 2.46 bits per heavy atom. The lowest BCUT2D eigenvalue weighted by Crippen LogP contribution is -2.53. The van der Waals surface area contributed by atoms with Gasteiger partial charge in [-0.2, -0.15) is 0 Å². The number of hydrogen-bond donors (Lipinski definition) is 1. The number of carbonyl (C=O) groups excluding carboxylic acids is 2. The van der Waals surface area contributed by atoms with E-state index in [1.54, 1.807) is 23.1 Å². The maximum Gasteiger partial charge on any atom is 0.261 e. The summed E-state index contributed by atoms with van der Waals surface area (Å²) < 4.78 is 5.85. The molecule has 1 fully saturated rings. The van der Waals surface area contributed by atoms with Crippen molar-refractivity contribution in [1.29, 1.82) is 0 Å². The van der Waals surface area contributed by atoms with Gasteiger partial charge in [-0.15, -0.1) is 0 Å². The van der Waals surface area contributed by atoms with Gasteiger partial charge in [0.25, 0.3) is 5.91 Å². The predicted molar refractivity (Wildman–Crippen MR) is 148 cm³/mol. The fourth-order valence-corrected chi connectivity index (χ4v) is 5.16. The first-order valence-electron chi connectivity index (χ1n) is 12.7. The highest BCUT2D eigenvalue weighted by molar-refractivity contribution is 6.35. The maximum absolute atomic E-state index is 13.7. The highest BCUT2D eigenvalue weighted by Crippen LogP contribution is 2.25. The van der Waals surface area contributed by atoms with Crippen molar-refractivity contribution in [1.82, 2.24) is 10.2 Å². The second kappa shape index (κ2) is 13.0. The summed E-state index contributed by atoms with van der Waals surface area (Å²) >= 11 is 12.6. The van der Waals surface area contributed by atoms with Crippen LogP contribution in [0, 0.1) is 6.92 Å². The van der Waals surface area contributed by atoms with E-state index in [4.69, 9.17) is 27.9 Å². The number of carbonyl (C=O) groups is 2. The summed E-state index contributed by atoms with van der Waals surface area (Å²) in [6, 6.07) is 21.9. The molecule has 37 heavy (non-hydrogen) atoms. The summed E-state index contributed by atoms with van der Waals surface area (Å²) in [7, 11) is 0. The van der Waals surface area contributed by atoms with Crippen molar-refractivity contribution in [3.05, 3.63) is 99.5 Å². The summed E-state index contributed by atoms with van der Waals surface area (Å²) in [5, 5.41) is 4.15. The quantitative estimate of drug-likeness (QED) is 0.325. The van der Waals surface area contributed by atoms with Crippen LogP contribution in [0.25, 0.3) is 0 Å². The highest BCUT2D eigenvalue weighted by Gasteiger charge is 2.32. The van der Waals surface area contributed by atoms with Crippen molar-refractivity contribution in [2.24, 2.45) is 0 Å². The molecule has 0 aliphatic heterocycles. The third-order valence-corrected chi connectivity index (χ3v) is 7.27. The smallest absolute Gasteiger partial charge is 0.261 e. The Balaban J connectivity index is 1.63. The van der Waals surface area contributed by atoms with Crippen LogP contribution < -0.4 is 10.1 Å². The van der Waals surface area contributed by atoms with Crippen molar-refractivity contribution in [3.8, 4) is 5.75 Å². The van der Waals surface area contributed by atoms with Gasteiger partial charge in [0.15, 0.2) is 6.61 Å². The number of ether oxygens (including phenoxy) is 1. The molecule has 4 rings (SSSR count). The second-order valence-corrected chi connectivity index (χ2v) is 10.4. The lowest BCUT2D eigenvalue weighted by Gasteiger charge is -2.32. The molecule has 1 saturated carbocycles. The third kappa shape index (κ3) is 7.73. The summed E-state index contributed by atoms with van der Waals surface area (Å²) in [5.41, 5.74) is 2.71. The summed E-state index contributed by atoms with van der Waals surface area (Å²) in [6.45, 7) is 1.92. The number of rotatable bonds is 10. The number of benzene rings is 3. The molecule has 1 aliphatic rings. The van der Waals surface area contributed by atoms with Gasteiger partial charge in [-0.3, -0.25) is 9.59 Å². The highest BCUT2D eigenvalue weighted by atomic mass is 35.5. The Morgan fingerprint density at radius 1 is 1.00 bits per heavy atom. The Hall–Kier alpha value is -3.02. The first kappa shape index (κ1) is 27.0. The number of amides is 2. The molecule has 3 aromatic carbocycles. The zero-order valence-electron chi connectivity index (χ0n) is 21.0. The summed E-state index contributed by atoms with van der Waals surface area (Å²) in [5.74, 6) is 0.146. The molecular weight excluding hydrogens is 507 g/mol. The lowest BCUT2D eigenvalue weighted by atomic mass is 10.0. The van der Waals surface area contributed by atoms with E-state index in [9.17, 15) is 9.59 Å². The van der Waals surface area contributed by atoms with E-state index in [1.807, 2.05) is 61.5 Å². The van der Waals surface area contributed by atoms with E-state index in [-0.39, 0.29) is 31.0 Å². The molecule has 5 nitrogen and oxygen atoms in total. The average molecular weight is 540 g/mol. The summed E-state index contributed by atoms with van der Waals surface area (Å²) in [4.78, 5) is 29.0. The molecule has 0 aromatic heterocycles. The minimum Gasteiger partial charge on any atom is -0.484 e. The summed E-state index contributed by atoms with van der Waals surface area (Å²) in [6.07, 6.45) is 4.48. The van der Waals surface area contributed by atoms with E-state index < -0.39 is 6.04 Å². The molecule has 1 aliphatic carbocycles.